The number of nitrogens with zero attached hydrogens (tertiary/aromatic N) is 2. The standard InChI is InChI=1S/C14H15N3O4/c1-20-10-3-4-11(12(7-10)21-2)16-13(18)8-17-9-15-6-5-14(17)19/h3-7,9H,8H2,1-2H3,(H,16,18). The summed E-state index contributed by atoms with van der Waals surface area (Å²) in [6.07, 6.45) is 2.69. The van der Waals surface area contributed by atoms with Gasteiger partial charge in [-0.05, 0) is 12.1 Å². The van der Waals surface area contributed by atoms with E-state index in [9.17, 15) is 9.59 Å². The zero-order valence-corrected chi connectivity index (χ0v) is 11.7. The van der Waals surface area contributed by atoms with Crippen LogP contribution in [0.5, 0.6) is 11.5 Å². The molecule has 0 atom stereocenters. The van der Waals surface area contributed by atoms with Gasteiger partial charge in [-0.1, -0.05) is 0 Å². The summed E-state index contributed by atoms with van der Waals surface area (Å²) in [5.41, 5.74) is 0.210. The number of methoxy groups -OCH3 is 2. The first-order chi connectivity index (χ1) is 10.1. The number of carbonyl (C=O) groups excluding carboxylic acids is 1. The Hall–Kier alpha value is -2.83. The average molecular weight is 289 g/mol. The number of amides is 1. The van der Waals surface area contributed by atoms with Crippen molar-refractivity contribution in [1.82, 2.24) is 9.55 Å². The third kappa shape index (κ3) is 3.59. The minimum atomic E-state index is -0.353. The number of nitrogens with one attached hydrogen (secondary N) is 1. The highest BCUT2D eigenvalue weighted by atomic mass is 16.5. The van der Waals surface area contributed by atoms with Crippen LogP contribution in [-0.4, -0.2) is 29.7 Å². The molecule has 0 aliphatic carbocycles. The maximum absolute atomic E-state index is 12.0. The van der Waals surface area contributed by atoms with Crippen molar-refractivity contribution in [3.8, 4) is 11.5 Å². The van der Waals surface area contributed by atoms with Gasteiger partial charge >= 0.3 is 0 Å². The highest BCUT2D eigenvalue weighted by molar-refractivity contribution is 5.92. The van der Waals surface area contributed by atoms with Crippen molar-refractivity contribution in [2.45, 2.75) is 6.54 Å². The van der Waals surface area contributed by atoms with Crippen molar-refractivity contribution in [3.63, 3.8) is 0 Å². The molecule has 0 saturated carbocycles. The molecule has 7 nitrogen and oxygen atoms in total. The number of aromatic nitrogens is 2. The lowest BCUT2D eigenvalue weighted by molar-refractivity contribution is -0.116. The largest absolute Gasteiger partial charge is 0.497 e. The van der Waals surface area contributed by atoms with E-state index in [-0.39, 0.29) is 18.0 Å². The van der Waals surface area contributed by atoms with Gasteiger partial charge in [0.1, 0.15) is 18.0 Å². The first-order valence-electron chi connectivity index (χ1n) is 6.16. The zero-order valence-electron chi connectivity index (χ0n) is 11.7. The van der Waals surface area contributed by atoms with E-state index in [1.807, 2.05) is 0 Å². The molecule has 0 fully saturated rings. The molecule has 1 N–H and O–H groups in total. The quantitative estimate of drug-likeness (QED) is 0.884. The molecule has 2 aromatic rings. The molecule has 2 rings (SSSR count). The lowest BCUT2D eigenvalue weighted by Gasteiger charge is -2.12. The Morgan fingerprint density at radius 2 is 2.10 bits per heavy atom. The van der Waals surface area contributed by atoms with Crippen LogP contribution in [0.3, 0.4) is 0 Å². The summed E-state index contributed by atoms with van der Waals surface area (Å²) < 4.78 is 11.5. The number of carbonyl (C=O) groups is 1. The van der Waals surface area contributed by atoms with E-state index in [0.717, 1.165) is 0 Å². The molecular formula is C14H15N3O4. The van der Waals surface area contributed by atoms with Crippen LogP contribution in [0.25, 0.3) is 0 Å². The minimum Gasteiger partial charge on any atom is -0.497 e. The zero-order chi connectivity index (χ0) is 15.2. The maximum atomic E-state index is 12.0. The summed E-state index contributed by atoms with van der Waals surface area (Å²) in [6.45, 7) is -0.123. The molecular weight excluding hydrogens is 274 g/mol. The molecule has 1 heterocycles. The number of ether oxygens (including phenoxy) is 2. The van der Waals surface area contributed by atoms with Gasteiger partial charge in [0.25, 0.3) is 5.56 Å². The highest BCUT2D eigenvalue weighted by Gasteiger charge is 2.10. The molecule has 1 aromatic carbocycles. The predicted molar refractivity (Wildman–Crippen MR) is 76.7 cm³/mol. The first kappa shape index (κ1) is 14.6. The van der Waals surface area contributed by atoms with Crippen molar-refractivity contribution >= 4 is 11.6 Å². The Morgan fingerprint density at radius 1 is 1.29 bits per heavy atom. The van der Waals surface area contributed by atoms with Gasteiger partial charge in [-0.15, -0.1) is 0 Å². The second-order valence-electron chi connectivity index (χ2n) is 4.16. The van der Waals surface area contributed by atoms with E-state index >= 15 is 0 Å². The van der Waals surface area contributed by atoms with Gasteiger partial charge in [0.05, 0.1) is 26.2 Å². The topological polar surface area (TPSA) is 82.5 Å². The number of hydrogen-bond donors (Lipinski definition) is 1. The summed E-state index contributed by atoms with van der Waals surface area (Å²) >= 11 is 0. The molecule has 0 bridgehead atoms. The van der Waals surface area contributed by atoms with Gasteiger partial charge in [0.15, 0.2) is 0 Å². The first-order valence-corrected chi connectivity index (χ1v) is 6.16. The SMILES string of the molecule is COc1ccc(NC(=O)Cn2cnccc2=O)c(OC)c1. The molecule has 110 valence electrons. The van der Waals surface area contributed by atoms with E-state index in [0.29, 0.717) is 17.2 Å². The van der Waals surface area contributed by atoms with Gasteiger partial charge in [-0.2, -0.15) is 0 Å². The van der Waals surface area contributed by atoms with Crippen LogP contribution < -0.4 is 20.3 Å². The molecule has 0 aliphatic heterocycles. The summed E-state index contributed by atoms with van der Waals surface area (Å²) in [6, 6.07) is 6.32. The summed E-state index contributed by atoms with van der Waals surface area (Å²) in [4.78, 5) is 27.3. The Balaban J connectivity index is 2.13. The molecule has 0 aliphatic rings. The van der Waals surface area contributed by atoms with Crippen molar-refractivity contribution in [2.75, 3.05) is 19.5 Å². The third-order valence-electron chi connectivity index (χ3n) is 2.79. The lowest BCUT2D eigenvalue weighted by Crippen LogP contribution is -2.27. The maximum Gasteiger partial charge on any atom is 0.253 e. The van der Waals surface area contributed by atoms with Gasteiger partial charge in [-0.3, -0.25) is 14.2 Å². The molecule has 0 spiro atoms. The number of hydrogen-bond acceptors (Lipinski definition) is 5. The van der Waals surface area contributed by atoms with Gasteiger partial charge < -0.3 is 14.8 Å². The second-order valence-corrected chi connectivity index (χ2v) is 4.16. The van der Waals surface area contributed by atoms with Crippen molar-refractivity contribution in [3.05, 3.63) is 47.1 Å². The molecule has 21 heavy (non-hydrogen) atoms. The van der Waals surface area contributed by atoms with Crippen LogP contribution in [0.2, 0.25) is 0 Å². The highest BCUT2D eigenvalue weighted by Crippen LogP contribution is 2.28. The van der Waals surface area contributed by atoms with Crippen LogP contribution in [0.4, 0.5) is 5.69 Å². The Morgan fingerprint density at radius 3 is 2.76 bits per heavy atom. The van der Waals surface area contributed by atoms with E-state index in [4.69, 9.17) is 9.47 Å². The summed E-state index contributed by atoms with van der Waals surface area (Å²) in [5, 5.41) is 2.68. The number of benzene rings is 1. The fourth-order valence-electron chi connectivity index (χ4n) is 1.74. The third-order valence-corrected chi connectivity index (χ3v) is 2.79. The smallest absolute Gasteiger partial charge is 0.253 e. The average Bonchev–Trinajstić information content (AvgIpc) is 2.50. The van der Waals surface area contributed by atoms with Gasteiger partial charge in [0.2, 0.25) is 5.91 Å². The van der Waals surface area contributed by atoms with Crippen LogP contribution >= 0.6 is 0 Å². The summed E-state index contributed by atoms with van der Waals surface area (Å²) in [7, 11) is 3.04. The lowest BCUT2D eigenvalue weighted by atomic mass is 10.2. The predicted octanol–water partition coefficient (Wildman–Crippen LogP) is 0.899. The fourth-order valence-corrected chi connectivity index (χ4v) is 1.74. The molecule has 1 aromatic heterocycles. The van der Waals surface area contributed by atoms with Crippen LogP contribution in [0, 0.1) is 0 Å². The Bertz CT molecular complexity index is 697. The molecule has 7 heteroatoms. The minimum absolute atomic E-state index is 0.123. The van der Waals surface area contributed by atoms with Crippen LogP contribution in [-0.2, 0) is 11.3 Å². The van der Waals surface area contributed by atoms with Crippen molar-refractivity contribution < 1.29 is 14.3 Å². The molecule has 0 saturated heterocycles. The molecule has 1 amide bonds. The fraction of sp³-hybridized carbons (Fsp3) is 0.214. The van der Waals surface area contributed by atoms with Crippen LogP contribution in [0.1, 0.15) is 0 Å². The molecule has 0 radical (unpaired) electrons. The van der Waals surface area contributed by atoms with Crippen molar-refractivity contribution in [2.24, 2.45) is 0 Å². The second kappa shape index (κ2) is 6.56. The normalized spacial score (nSPS) is 10.0. The number of rotatable bonds is 5. The van der Waals surface area contributed by atoms with Crippen LogP contribution in [0.15, 0.2) is 41.6 Å². The van der Waals surface area contributed by atoms with Crippen molar-refractivity contribution in [1.29, 1.82) is 0 Å². The Labute approximate surface area is 121 Å². The molecule has 0 unspecified atom stereocenters. The van der Waals surface area contributed by atoms with Gasteiger partial charge in [-0.25, -0.2) is 4.98 Å². The summed E-state index contributed by atoms with van der Waals surface area (Å²) in [5.74, 6) is 0.739. The monoisotopic (exact) mass is 289 g/mol. The number of anilines is 1. The van der Waals surface area contributed by atoms with E-state index in [1.165, 1.54) is 30.3 Å². The Kier molecular flexibility index (Phi) is 4.55. The van der Waals surface area contributed by atoms with Gasteiger partial charge in [0, 0.05) is 18.3 Å². The van der Waals surface area contributed by atoms with E-state index < -0.39 is 0 Å². The van der Waals surface area contributed by atoms with E-state index in [1.54, 1.807) is 25.3 Å². The van der Waals surface area contributed by atoms with E-state index in [2.05, 4.69) is 10.3 Å².